The minimum atomic E-state index is -1.17. The second-order valence-electron chi connectivity index (χ2n) is 7.48. The van der Waals surface area contributed by atoms with Gasteiger partial charge in [-0.15, -0.1) is 0 Å². The highest BCUT2D eigenvalue weighted by molar-refractivity contribution is 7.91. The van der Waals surface area contributed by atoms with Crippen LogP contribution in [0.3, 0.4) is 0 Å². The van der Waals surface area contributed by atoms with Crippen LogP contribution in [0.2, 0.25) is 0 Å². The van der Waals surface area contributed by atoms with Gasteiger partial charge in [0.1, 0.15) is 21.8 Å². The molecule has 0 N–H and O–H groups in total. The van der Waals surface area contributed by atoms with Crippen molar-refractivity contribution in [1.82, 2.24) is 0 Å². The Morgan fingerprint density at radius 2 is 1.76 bits per heavy atom. The Balaban J connectivity index is 2.05. The predicted octanol–water partition coefficient (Wildman–Crippen LogP) is 4.44. The average Bonchev–Trinajstić information content (AvgIpc) is 2.72. The van der Waals surface area contributed by atoms with Crippen molar-refractivity contribution in [2.75, 3.05) is 0 Å². The Kier molecular flexibility index (Phi) is 3.91. The summed E-state index contributed by atoms with van der Waals surface area (Å²) in [4.78, 5) is 0. The molecule has 0 aliphatic heterocycles. The standard InChI is InChI=1S/C18H25NOS/c1-17(2,3)21(20)19-16-15-10-6-5-9-14(15)13-18(16)11-7-4-8-12-18/h5-6,9-10H,4,7-8,11-13H2,1-3H3. The first-order valence-electron chi connectivity index (χ1n) is 8.02. The highest BCUT2D eigenvalue weighted by atomic mass is 32.2. The Bertz CT molecular complexity index is 553. The fourth-order valence-corrected chi connectivity index (χ4v) is 4.38. The Morgan fingerprint density at radius 1 is 1.10 bits per heavy atom. The summed E-state index contributed by atoms with van der Waals surface area (Å²) in [6, 6.07) is 8.57. The first-order valence-corrected chi connectivity index (χ1v) is 9.13. The quantitative estimate of drug-likeness (QED) is 0.706. The molecule has 2 nitrogen and oxygen atoms in total. The first kappa shape index (κ1) is 15.1. The van der Waals surface area contributed by atoms with Crippen LogP contribution in [0.25, 0.3) is 0 Å². The number of rotatable bonds is 1. The molecule has 114 valence electrons. The van der Waals surface area contributed by atoms with Crippen molar-refractivity contribution < 1.29 is 4.55 Å². The SMILES string of the molecule is CC(C)(C)[S+]([O-])N=C1c2ccccc2CC12CCCCC2. The van der Waals surface area contributed by atoms with E-state index in [0.717, 1.165) is 12.1 Å². The number of benzene rings is 1. The van der Waals surface area contributed by atoms with Crippen LogP contribution in [-0.4, -0.2) is 15.0 Å². The lowest BCUT2D eigenvalue weighted by Crippen LogP contribution is -2.34. The summed E-state index contributed by atoms with van der Waals surface area (Å²) in [5, 5.41) is 0. The lowest BCUT2D eigenvalue weighted by Gasteiger charge is -2.34. The highest BCUT2D eigenvalue weighted by Gasteiger charge is 2.46. The van der Waals surface area contributed by atoms with Crippen LogP contribution in [0.15, 0.2) is 28.7 Å². The molecule has 1 unspecified atom stereocenters. The molecule has 1 spiro atoms. The second kappa shape index (κ2) is 5.44. The molecule has 1 aromatic carbocycles. The first-order chi connectivity index (χ1) is 9.92. The van der Waals surface area contributed by atoms with Gasteiger partial charge >= 0.3 is 0 Å². The lowest BCUT2D eigenvalue weighted by molar-refractivity contribution is 0.291. The van der Waals surface area contributed by atoms with E-state index in [9.17, 15) is 4.55 Å². The minimum absolute atomic E-state index is 0.156. The van der Waals surface area contributed by atoms with E-state index in [-0.39, 0.29) is 10.2 Å². The van der Waals surface area contributed by atoms with Gasteiger partial charge in [-0.25, -0.2) is 0 Å². The fraction of sp³-hybridized carbons (Fsp3) is 0.611. The predicted molar refractivity (Wildman–Crippen MR) is 90.1 cm³/mol. The Labute approximate surface area is 131 Å². The largest absolute Gasteiger partial charge is 0.591 e. The molecule has 0 saturated heterocycles. The summed E-state index contributed by atoms with van der Waals surface area (Å²) >= 11 is -1.17. The zero-order valence-corrected chi connectivity index (χ0v) is 14.1. The van der Waals surface area contributed by atoms with Gasteiger partial charge in [0.25, 0.3) is 0 Å². The van der Waals surface area contributed by atoms with Gasteiger partial charge in [0, 0.05) is 11.0 Å². The highest BCUT2D eigenvalue weighted by Crippen LogP contribution is 2.48. The second-order valence-corrected chi connectivity index (χ2v) is 9.38. The Hall–Kier alpha value is -0.800. The Morgan fingerprint density at radius 3 is 2.43 bits per heavy atom. The van der Waals surface area contributed by atoms with Crippen molar-refractivity contribution in [3.05, 3.63) is 35.4 Å². The summed E-state index contributed by atoms with van der Waals surface area (Å²) in [6.07, 6.45) is 7.35. The lowest BCUT2D eigenvalue weighted by atomic mass is 9.71. The molecule has 1 fully saturated rings. The maximum absolute atomic E-state index is 12.6. The van der Waals surface area contributed by atoms with Crippen molar-refractivity contribution in [2.24, 2.45) is 9.81 Å². The van der Waals surface area contributed by atoms with Crippen LogP contribution in [0.5, 0.6) is 0 Å². The van der Waals surface area contributed by atoms with Gasteiger partial charge in [-0.2, -0.15) is 0 Å². The van der Waals surface area contributed by atoms with Crippen LogP contribution in [0.1, 0.15) is 64.0 Å². The summed E-state index contributed by atoms with van der Waals surface area (Å²) in [5.74, 6) is 0. The molecule has 2 aliphatic carbocycles. The summed E-state index contributed by atoms with van der Waals surface area (Å²) in [7, 11) is 0. The van der Waals surface area contributed by atoms with Crippen LogP contribution < -0.4 is 0 Å². The minimum Gasteiger partial charge on any atom is -0.591 e. The smallest absolute Gasteiger partial charge is 0.144 e. The van der Waals surface area contributed by atoms with Gasteiger partial charge in [-0.05, 0) is 45.6 Å². The number of hydrogen-bond donors (Lipinski definition) is 0. The van der Waals surface area contributed by atoms with Crippen molar-refractivity contribution in [2.45, 2.75) is 64.0 Å². The molecule has 0 bridgehead atoms. The van der Waals surface area contributed by atoms with Crippen molar-refractivity contribution in [3.63, 3.8) is 0 Å². The topological polar surface area (TPSA) is 35.4 Å². The van der Waals surface area contributed by atoms with Gasteiger partial charge in [0.05, 0.1) is 0 Å². The van der Waals surface area contributed by atoms with Crippen molar-refractivity contribution >= 4 is 17.1 Å². The molecule has 1 saturated carbocycles. The maximum atomic E-state index is 12.6. The van der Waals surface area contributed by atoms with E-state index < -0.39 is 11.4 Å². The zero-order chi connectivity index (χ0) is 15.1. The van der Waals surface area contributed by atoms with E-state index in [2.05, 4.69) is 24.3 Å². The van der Waals surface area contributed by atoms with Gasteiger partial charge in [0.2, 0.25) is 0 Å². The third-order valence-electron chi connectivity index (χ3n) is 4.81. The van der Waals surface area contributed by atoms with Crippen LogP contribution >= 0.6 is 0 Å². The van der Waals surface area contributed by atoms with E-state index >= 15 is 0 Å². The van der Waals surface area contributed by atoms with Gasteiger partial charge in [0.15, 0.2) is 0 Å². The molecule has 3 heteroatoms. The zero-order valence-electron chi connectivity index (χ0n) is 13.3. The molecule has 21 heavy (non-hydrogen) atoms. The molecular weight excluding hydrogens is 278 g/mol. The van der Waals surface area contributed by atoms with E-state index in [4.69, 9.17) is 4.40 Å². The van der Waals surface area contributed by atoms with Crippen molar-refractivity contribution in [1.29, 1.82) is 0 Å². The molecular formula is C18H25NOS. The average molecular weight is 303 g/mol. The van der Waals surface area contributed by atoms with Crippen LogP contribution in [0.4, 0.5) is 0 Å². The van der Waals surface area contributed by atoms with Gasteiger partial charge < -0.3 is 4.55 Å². The maximum Gasteiger partial charge on any atom is 0.144 e. The number of fused-ring (bicyclic) bond motifs is 1. The molecule has 2 aliphatic rings. The molecule has 0 heterocycles. The molecule has 0 radical (unpaired) electrons. The van der Waals surface area contributed by atoms with Crippen LogP contribution in [0, 0.1) is 5.41 Å². The van der Waals surface area contributed by atoms with E-state index in [0.29, 0.717) is 0 Å². The number of nitrogens with zero attached hydrogens (tertiary/aromatic N) is 1. The third kappa shape index (κ3) is 2.78. The summed E-state index contributed by atoms with van der Waals surface area (Å²) in [5.41, 5.74) is 3.93. The van der Waals surface area contributed by atoms with Gasteiger partial charge in [-0.1, -0.05) is 47.9 Å². The number of hydrogen-bond acceptors (Lipinski definition) is 2. The monoisotopic (exact) mass is 303 g/mol. The van der Waals surface area contributed by atoms with E-state index in [1.807, 2.05) is 20.8 Å². The fourth-order valence-electron chi connectivity index (χ4n) is 3.65. The molecule has 0 aromatic heterocycles. The molecule has 0 amide bonds. The molecule has 1 aromatic rings. The third-order valence-corrected chi connectivity index (χ3v) is 6.21. The van der Waals surface area contributed by atoms with Gasteiger partial charge in [-0.3, -0.25) is 0 Å². The van der Waals surface area contributed by atoms with E-state index in [1.165, 1.54) is 43.2 Å². The van der Waals surface area contributed by atoms with E-state index in [1.54, 1.807) is 0 Å². The van der Waals surface area contributed by atoms with Crippen LogP contribution in [-0.2, 0) is 17.8 Å². The normalized spacial score (nSPS) is 24.3. The summed E-state index contributed by atoms with van der Waals surface area (Å²) in [6.45, 7) is 6.00. The summed E-state index contributed by atoms with van der Waals surface area (Å²) < 4.78 is 17.0. The molecule has 3 rings (SSSR count). The van der Waals surface area contributed by atoms with Crippen molar-refractivity contribution in [3.8, 4) is 0 Å². The molecule has 1 atom stereocenters.